The van der Waals surface area contributed by atoms with Gasteiger partial charge in [0.25, 0.3) is 0 Å². The Labute approximate surface area is 138 Å². The summed E-state index contributed by atoms with van der Waals surface area (Å²) in [6.45, 7) is 4.10. The van der Waals surface area contributed by atoms with Gasteiger partial charge in [-0.05, 0) is 45.4 Å². The first-order valence-electron chi connectivity index (χ1n) is 9.17. The lowest BCUT2D eigenvalue weighted by molar-refractivity contribution is -0.141. The molecule has 2 nitrogen and oxygen atoms in total. The van der Waals surface area contributed by atoms with Crippen LogP contribution < -0.4 is 0 Å². The molecule has 0 bridgehead atoms. The number of carbonyl (C=O) groups is 1. The Morgan fingerprint density at radius 3 is 1.68 bits per heavy atom. The van der Waals surface area contributed by atoms with Gasteiger partial charge in [-0.2, -0.15) is 0 Å². The van der Waals surface area contributed by atoms with Crippen molar-refractivity contribution in [2.75, 3.05) is 6.61 Å². The molecule has 128 valence electrons. The zero-order chi connectivity index (χ0) is 16.3. The van der Waals surface area contributed by atoms with Gasteiger partial charge in [0.2, 0.25) is 0 Å². The summed E-state index contributed by atoms with van der Waals surface area (Å²) in [5.41, 5.74) is 0. The van der Waals surface area contributed by atoms with Gasteiger partial charge in [0.1, 0.15) is 0 Å². The van der Waals surface area contributed by atoms with Crippen LogP contribution in [0, 0.1) is 0 Å². The van der Waals surface area contributed by atoms with Crippen LogP contribution >= 0.6 is 0 Å². The molecule has 0 rings (SSSR count). The average Bonchev–Trinajstić information content (AvgIpc) is 2.50. The van der Waals surface area contributed by atoms with Gasteiger partial charge in [0.05, 0.1) is 6.61 Å². The molecule has 0 atom stereocenters. The average molecular weight is 309 g/mol. The summed E-state index contributed by atoms with van der Waals surface area (Å²) in [5, 5.41) is 0. The monoisotopic (exact) mass is 308 g/mol. The van der Waals surface area contributed by atoms with E-state index in [0.717, 1.165) is 12.8 Å². The summed E-state index contributed by atoms with van der Waals surface area (Å²) in [6.07, 6.45) is 24.3. The van der Waals surface area contributed by atoms with Crippen LogP contribution in [0.3, 0.4) is 0 Å². The van der Waals surface area contributed by atoms with Crippen LogP contribution in [0.25, 0.3) is 0 Å². The summed E-state index contributed by atoms with van der Waals surface area (Å²) in [7, 11) is 0. The van der Waals surface area contributed by atoms with Crippen molar-refractivity contribution in [1.82, 2.24) is 0 Å². The Kier molecular flexibility index (Phi) is 17.1. The molecule has 0 unspecified atom stereocenters. The summed E-state index contributed by atoms with van der Waals surface area (Å²) in [6, 6.07) is 0. The van der Waals surface area contributed by atoms with Crippen molar-refractivity contribution in [3.05, 3.63) is 24.3 Å². The maximum absolute atomic E-state index is 10.6. The molecule has 0 heterocycles. The van der Waals surface area contributed by atoms with Crippen LogP contribution in [0.4, 0.5) is 0 Å². The van der Waals surface area contributed by atoms with E-state index in [9.17, 15) is 4.79 Å². The lowest BCUT2D eigenvalue weighted by Crippen LogP contribution is -1.99. The third-order valence-corrected chi connectivity index (χ3v) is 3.71. The maximum atomic E-state index is 10.6. The molecule has 0 radical (unpaired) electrons. The third kappa shape index (κ3) is 18.9. The van der Waals surface area contributed by atoms with Gasteiger partial charge < -0.3 is 4.74 Å². The Morgan fingerprint density at radius 2 is 1.18 bits per heavy atom. The Bertz CT molecular complexity index is 292. The van der Waals surface area contributed by atoms with Crippen LogP contribution in [0.1, 0.15) is 90.9 Å². The highest BCUT2D eigenvalue weighted by Gasteiger charge is 1.92. The molecule has 0 aromatic rings. The number of unbranched alkanes of at least 4 members (excludes halogenated alkanes) is 10. The number of carbonyl (C=O) groups excluding carboxylic acids is 1. The first-order valence-corrected chi connectivity index (χ1v) is 9.17. The van der Waals surface area contributed by atoms with Crippen molar-refractivity contribution in [2.24, 2.45) is 0 Å². The second-order valence-electron chi connectivity index (χ2n) is 5.93. The van der Waals surface area contributed by atoms with Gasteiger partial charge in [-0.1, -0.05) is 62.8 Å². The van der Waals surface area contributed by atoms with Gasteiger partial charge in [0, 0.05) is 6.92 Å². The van der Waals surface area contributed by atoms with Crippen molar-refractivity contribution in [3.8, 4) is 0 Å². The van der Waals surface area contributed by atoms with E-state index in [-0.39, 0.29) is 5.97 Å². The Morgan fingerprint density at radius 1 is 0.727 bits per heavy atom. The van der Waals surface area contributed by atoms with E-state index in [2.05, 4.69) is 31.2 Å². The van der Waals surface area contributed by atoms with Gasteiger partial charge in [-0.15, -0.1) is 0 Å². The van der Waals surface area contributed by atoms with Crippen LogP contribution in [-0.4, -0.2) is 12.6 Å². The number of rotatable bonds is 15. The Hall–Kier alpha value is -1.05. The minimum Gasteiger partial charge on any atom is -0.466 e. The van der Waals surface area contributed by atoms with E-state index >= 15 is 0 Å². The predicted octanol–water partition coefficient (Wildman–Crippen LogP) is 6.36. The molecule has 0 saturated carbocycles. The molecule has 22 heavy (non-hydrogen) atoms. The second-order valence-corrected chi connectivity index (χ2v) is 5.93. The van der Waals surface area contributed by atoms with Crippen molar-refractivity contribution >= 4 is 5.97 Å². The molecular formula is C20H36O2. The smallest absolute Gasteiger partial charge is 0.302 e. The lowest BCUT2D eigenvalue weighted by Gasteiger charge is -2.01. The number of hydrogen-bond acceptors (Lipinski definition) is 2. The number of ether oxygens (including phenoxy) is 1. The first kappa shape index (κ1) is 20.9. The van der Waals surface area contributed by atoms with Gasteiger partial charge in [-0.25, -0.2) is 0 Å². The summed E-state index contributed by atoms with van der Waals surface area (Å²) >= 11 is 0. The van der Waals surface area contributed by atoms with Crippen LogP contribution in [0.5, 0.6) is 0 Å². The molecule has 0 aliphatic rings. The molecule has 0 aromatic heterocycles. The first-order chi connectivity index (χ1) is 10.8. The SMILES string of the molecule is C/C=C\CCCCCCCCCC/C=C\CCCOC(C)=O. The van der Waals surface area contributed by atoms with E-state index in [0.29, 0.717) is 6.61 Å². The number of allylic oxidation sites excluding steroid dienone is 4. The van der Waals surface area contributed by atoms with Crippen molar-refractivity contribution in [1.29, 1.82) is 0 Å². The molecular weight excluding hydrogens is 272 g/mol. The van der Waals surface area contributed by atoms with E-state index < -0.39 is 0 Å². The number of esters is 1. The van der Waals surface area contributed by atoms with Gasteiger partial charge in [-0.3, -0.25) is 4.79 Å². The van der Waals surface area contributed by atoms with E-state index in [4.69, 9.17) is 4.74 Å². The van der Waals surface area contributed by atoms with Gasteiger partial charge >= 0.3 is 5.97 Å². The lowest BCUT2D eigenvalue weighted by atomic mass is 10.1. The fourth-order valence-electron chi connectivity index (χ4n) is 2.40. The largest absolute Gasteiger partial charge is 0.466 e. The molecule has 0 N–H and O–H groups in total. The fourth-order valence-corrected chi connectivity index (χ4v) is 2.40. The normalized spacial score (nSPS) is 11.5. The highest BCUT2D eigenvalue weighted by Crippen LogP contribution is 2.11. The van der Waals surface area contributed by atoms with E-state index in [1.165, 1.54) is 71.1 Å². The minimum atomic E-state index is -0.179. The quantitative estimate of drug-likeness (QED) is 0.200. The molecule has 0 spiro atoms. The zero-order valence-corrected chi connectivity index (χ0v) is 14.8. The van der Waals surface area contributed by atoms with E-state index in [1.54, 1.807) is 0 Å². The maximum Gasteiger partial charge on any atom is 0.302 e. The Balaban J connectivity index is 3.09. The van der Waals surface area contributed by atoms with E-state index in [1.807, 2.05) is 0 Å². The van der Waals surface area contributed by atoms with Crippen molar-refractivity contribution < 1.29 is 9.53 Å². The third-order valence-electron chi connectivity index (χ3n) is 3.71. The highest BCUT2D eigenvalue weighted by atomic mass is 16.5. The second kappa shape index (κ2) is 18.0. The minimum absolute atomic E-state index is 0.179. The van der Waals surface area contributed by atoms with Crippen molar-refractivity contribution in [2.45, 2.75) is 90.9 Å². The fraction of sp³-hybridized carbons (Fsp3) is 0.750. The van der Waals surface area contributed by atoms with Gasteiger partial charge in [0.15, 0.2) is 0 Å². The topological polar surface area (TPSA) is 26.3 Å². The molecule has 0 aromatic carbocycles. The standard InChI is InChI=1S/C20H36O2/c1-3-4-5-6-7-8-9-10-11-12-13-14-15-16-17-18-19-22-20(2)21/h3-4,15-16H,5-14,17-19H2,1-2H3/b4-3-,16-15-. The summed E-state index contributed by atoms with van der Waals surface area (Å²) in [4.78, 5) is 10.6. The molecule has 0 aliphatic carbocycles. The van der Waals surface area contributed by atoms with Crippen LogP contribution in [-0.2, 0) is 9.53 Å². The highest BCUT2D eigenvalue weighted by molar-refractivity contribution is 5.65. The summed E-state index contributed by atoms with van der Waals surface area (Å²) in [5.74, 6) is -0.179. The van der Waals surface area contributed by atoms with Crippen LogP contribution in [0.2, 0.25) is 0 Å². The molecule has 0 aliphatic heterocycles. The molecule has 0 fully saturated rings. The van der Waals surface area contributed by atoms with Crippen LogP contribution in [0.15, 0.2) is 24.3 Å². The molecule has 0 saturated heterocycles. The number of hydrogen-bond donors (Lipinski definition) is 0. The zero-order valence-electron chi connectivity index (χ0n) is 14.8. The molecule has 2 heteroatoms. The van der Waals surface area contributed by atoms with Crippen molar-refractivity contribution in [3.63, 3.8) is 0 Å². The molecule has 0 amide bonds. The summed E-state index contributed by atoms with van der Waals surface area (Å²) < 4.78 is 4.88. The predicted molar refractivity (Wildman–Crippen MR) is 96.0 cm³/mol.